The van der Waals surface area contributed by atoms with Crippen molar-refractivity contribution in [3.8, 4) is 0 Å². The fraction of sp³-hybridized carbons (Fsp3) is 0.444. The fourth-order valence-corrected chi connectivity index (χ4v) is 3.17. The van der Waals surface area contributed by atoms with E-state index in [0.29, 0.717) is 18.1 Å². The summed E-state index contributed by atoms with van der Waals surface area (Å²) in [6, 6.07) is 7.79. The van der Waals surface area contributed by atoms with Crippen LogP contribution in [0.1, 0.15) is 36.2 Å². The lowest BCUT2D eigenvalue weighted by atomic mass is 10.1. The molecule has 138 valence electrons. The Kier molecular flexibility index (Phi) is 5.62. The number of aryl methyl sites for hydroxylation is 1. The molecular weight excluding hydrogens is 332 g/mol. The van der Waals surface area contributed by atoms with Gasteiger partial charge < -0.3 is 5.32 Å². The van der Waals surface area contributed by atoms with Crippen molar-refractivity contribution < 1.29 is 9.59 Å². The van der Waals surface area contributed by atoms with E-state index in [9.17, 15) is 9.59 Å². The zero-order valence-electron chi connectivity index (χ0n) is 15.1. The third-order valence-corrected chi connectivity index (χ3v) is 4.44. The van der Waals surface area contributed by atoms with Gasteiger partial charge in [0.05, 0.1) is 0 Å². The first-order chi connectivity index (χ1) is 12.5. The van der Waals surface area contributed by atoms with Crippen molar-refractivity contribution in [2.24, 2.45) is 0 Å². The van der Waals surface area contributed by atoms with E-state index in [1.165, 1.54) is 6.33 Å². The molecule has 1 atom stereocenters. The number of likely N-dealkylation sites (tertiary alicyclic amines) is 1. The average Bonchev–Trinajstić information content (AvgIpc) is 3.24. The normalized spacial score (nSPS) is 17.2. The maximum Gasteiger partial charge on any atom is 0.258 e. The second-order valence-corrected chi connectivity index (χ2v) is 6.47. The number of benzene rings is 1. The van der Waals surface area contributed by atoms with Crippen LogP contribution < -0.4 is 10.6 Å². The summed E-state index contributed by atoms with van der Waals surface area (Å²) in [4.78, 5) is 29.8. The Morgan fingerprint density at radius 2 is 2.04 bits per heavy atom. The third kappa shape index (κ3) is 4.45. The molecule has 26 heavy (non-hydrogen) atoms. The molecule has 3 rings (SSSR count). The van der Waals surface area contributed by atoms with Gasteiger partial charge in [0, 0.05) is 44.7 Å². The Hall–Kier alpha value is -2.74. The summed E-state index contributed by atoms with van der Waals surface area (Å²) in [5.41, 5.74) is 1.72. The van der Waals surface area contributed by atoms with Gasteiger partial charge in [0.15, 0.2) is 0 Å². The van der Waals surface area contributed by atoms with E-state index in [1.54, 1.807) is 11.6 Å². The molecule has 2 aromatic rings. The first-order valence-electron chi connectivity index (χ1n) is 8.82. The number of anilines is 1. The summed E-state index contributed by atoms with van der Waals surface area (Å²) in [6.07, 6.45) is 2.39. The first kappa shape index (κ1) is 18.1. The van der Waals surface area contributed by atoms with Gasteiger partial charge in [-0.1, -0.05) is 12.1 Å². The molecule has 1 aliphatic heterocycles. The number of nitrogens with zero attached hydrogens (tertiary/aromatic N) is 4. The Bertz CT molecular complexity index is 770. The maximum atomic E-state index is 12.3. The van der Waals surface area contributed by atoms with Crippen LogP contribution in [-0.2, 0) is 17.9 Å². The van der Waals surface area contributed by atoms with Crippen LogP contribution in [0.25, 0.3) is 0 Å². The van der Waals surface area contributed by atoms with E-state index < -0.39 is 0 Å². The van der Waals surface area contributed by atoms with Gasteiger partial charge in [0.25, 0.3) is 5.91 Å². The van der Waals surface area contributed by atoms with E-state index in [1.807, 2.05) is 31.2 Å². The number of amides is 2. The summed E-state index contributed by atoms with van der Waals surface area (Å²) in [5, 5.41) is 9.78. The number of hydrogen-bond donors (Lipinski definition) is 2. The second-order valence-electron chi connectivity index (χ2n) is 6.47. The molecule has 1 aromatic carbocycles. The quantitative estimate of drug-likeness (QED) is 0.813. The Balaban J connectivity index is 1.55. The predicted octanol–water partition coefficient (Wildman–Crippen LogP) is 1.26. The summed E-state index contributed by atoms with van der Waals surface area (Å²) in [7, 11) is 0. The van der Waals surface area contributed by atoms with Gasteiger partial charge in [-0.15, -0.1) is 0 Å². The van der Waals surface area contributed by atoms with Crippen LogP contribution in [0.3, 0.4) is 0 Å². The molecule has 1 saturated heterocycles. The van der Waals surface area contributed by atoms with Gasteiger partial charge in [-0.2, -0.15) is 10.1 Å². The van der Waals surface area contributed by atoms with Crippen molar-refractivity contribution in [1.29, 1.82) is 0 Å². The van der Waals surface area contributed by atoms with Crippen molar-refractivity contribution in [2.75, 3.05) is 18.4 Å². The lowest BCUT2D eigenvalue weighted by Crippen LogP contribution is -2.35. The van der Waals surface area contributed by atoms with Gasteiger partial charge in [-0.05, 0) is 31.0 Å². The van der Waals surface area contributed by atoms with Crippen LogP contribution in [0.15, 0.2) is 30.6 Å². The smallest absolute Gasteiger partial charge is 0.258 e. The van der Waals surface area contributed by atoms with Gasteiger partial charge in [0.1, 0.15) is 6.33 Å². The summed E-state index contributed by atoms with van der Waals surface area (Å²) in [6.45, 7) is 6.75. The SMILES string of the molecule is CCn1ncnc1NC(=O)c1ccc(CN2CCC(NC(C)=O)C2)cc1. The van der Waals surface area contributed by atoms with Gasteiger partial charge in [-0.3, -0.25) is 19.8 Å². The largest absolute Gasteiger partial charge is 0.352 e. The van der Waals surface area contributed by atoms with E-state index in [-0.39, 0.29) is 17.9 Å². The second kappa shape index (κ2) is 8.09. The minimum Gasteiger partial charge on any atom is -0.352 e. The fourth-order valence-electron chi connectivity index (χ4n) is 3.17. The minimum atomic E-state index is -0.203. The van der Waals surface area contributed by atoms with E-state index in [4.69, 9.17) is 0 Å². The van der Waals surface area contributed by atoms with E-state index in [2.05, 4.69) is 25.6 Å². The lowest BCUT2D eigenvalue weighted by molar-refractivity contribution is -0.119. The maximum absolute atomic E-state index is 12.3. The zero-order chi connectivity index (χ0) is 18.5. The van der Waals surface area contributed by atoms with Crippen LogP contribution in [0.5, 0.6) is 0 Å². The Labute approximate surface area is 152 Å². The number of aromatic nitrogens is 3. The average molecular weight is 356 g/mol. The van der Waals surface area contributed by atoms with Crippen LogP contribution in [0.2, 0.25) is 0 Å². The molecule has 1 unspecified atom stereocenters. The molecule has 8 heteroatoms. The lowest BCUT2D eigenvalue weighted by Gasteiger charge is -2.16. The summed E-state index contributed by atoms with van der Waals surface area (Å²) in [5.74, 6) is 0.264. The first-order valence-corrected chi connectivity index (χ1v) is 8.82. The highest BCUT2D eigenvalue weighted by molar-refractivity contribution is 6.03. The molecular formula is C18H24N6O2. The molecule has 1 fully saturated rings. The molecule has 2 N–H and O–H groups in total. The van der Waals surface area contributed by atoms with Crippen molar-refractivity contribution in [1.82, 2.24) is 25.0 Å². The topological polar surface area (TPSA) is 92.2 Å². The predicted molar refractivity (Wildman–Crippen MR) is 97.6 cm³/mol. The standard InChI is InChI=1S/C18H24N6O2/c1-3-24-18(19-12-20-24)22-17(26)15-6-4-14(5-7-15)10-23-9-8-16(11-23)21-13(2)25/h4-7,12,16H,3,8-11H2,1-2H3,(H,21,25)(H,19,20,22,26). The number of carbonyl (C=O) groups is 2. The summed E-state index contributed by atoms with van der Waals surface area (Å²) < 4.78 is 1.63. The van der Waals surface area contributed by atoms with Gasteiger partial charge in [0.2, 0.25) is 11.9 Å². The van der Waals surface area contributed by atoms with Crippen molar-refractivity contribution in [3.63, 3.8) is 0 Å². The molecule has 1 aliphatic rings. The van der Waals surface area contributed by atoms with Gasteiger partial charge in [-0.25, -0.2) is 4.68 Å². The molecule has 1 aromatic heterocycles. The highest BCUT2D eigenvalue weighted by Crippen LogP contribution is 2.15. The molecule has 0 aliphatic carbocycles. The molecule has 0 radical (unpaired) electrons. The molecule has 2 amide bonds. The highest BCUT2D eigenvalue weighted by atomic mass is 16.2. The number of rotatable bonds is 6. The molecule has 8 nitrogen and oxygen atoms in total. The molecule has 0 spiro atoms. The molecule has 0 bridgehead atoms. The van der Waals surface area contributed by atoms with Crippen molar-refractivity contribution in [2.45, 2.75) is 39.4 Å². The Morgan fingerprint density at radius 3 is 2.73 bits per heavy atom. The van der Waals surface area contributed by atoms with E-state index >= 15 is 0 Å². The monoisotopic (exact) mass is 356 g/mol. The van der Waals surface area contributed by atoms with Crippen LogP contribution in [0.4, 0.5) is 5.95 Å². The minimum absolute atomic E-state index is 0.0196. The van der Waals surface area contributed by atoms with Crippen molar-refractivity contribution >= 4 is 17.8 Å². The van der Waals surface area contributed by atoms with Crippen LogP contribution in [0, 0.1) is 0 Å². The number of carbonyl (C=O) groups excluding carboxylic acids is 2. The van der Waals surface area contributed by atoms with Crippen molar-refractivity contribution in [3.05, 3.63) is 41.7 Å². The number of nitrogens with one attached hydrogen (secondary N) is 2. The number of hydrogen-bond acceptors (Lipinski definition) is 5. The van der Waals surface area contributed by atoms with Crippen LogP contribution >= 0.6 is 0 Å². The highest BCUT2D eigenvalue weighted by Gasteiger charge is 2.22. The Morgan fingerprint density at radius 1 is 1.27 bits per heavy atom. The van der Waals surface area contributed by atoms with E-state index in [0.717, 1.165) is 31.6 Å². The van der Waals surface area contributed by atoms with Gasteiger partial charge >= 0.3 is 0 Å². The zero-order valence-corrected chi connectivity index (χ0v) is 15.1. The third-order valence-electron chi connectivity index (χ3n) is 4.44. The summed E-state index contributed by atoms with van der Waals surface area (Å²) >= 11 is 0. The molecule has 0 saturated carbocycles. The molecule has 2 heterocycles. The van der Waals surface area contributed by atoms with Crippen LogP contribution in [-0.4, -0.2) is 50.6 Å².